The Morgan fingerprint density at radius 2 is 1.66 bits per heavy atom. The number of nitrogens with one attached hydrogen (secondary N) is 1. The molecule has 1 N–H and O–H groups in total. The summed E-state index contributed by atoms with van der Waals surface area (Å²) in [5, 5.41) is 2.27. The van der Waals surface area contributed by atoms with Gasteiger partial charge in [0.1, 0.15) is 11.6 Å². The van der Waals surface area contributed by atoms with Crippen LogP contribution in [-0.2, 0) is 4.74 Å². The minimum atomic E-state index is -1.13. The van der Waals surface area contributed by atoms with Crippen molar-refractivity contribution in [2.75, 3.05) is 12.4 Å². The molecule has 0 spiro atoms. The lowest BCUT2D eigenvalue weighted by molar-refractivity contribution is 0.0546. The van der Waals surface area contributed by atoms with Gasteiger partial charge in [0.2, 0.25) is 0 Å². The van der Waals surface area contributed by atoms with Gasteiger partial charge in [-0.1, -0.05) is 19.3 Å². The quantitative estimate of drug-likeness (QED) is 0.572. The summed E-state index contributed by atoms with van der Waals surface area (Å²) in [6, 6.07) is 5.19. The Kier molecular flexibility index (Phi) is 5.73. The number of benzene rings is 2. The number of carbonyl (C=O) groups excluding carboxylic acids is 4. The monoisotopic (exact) mass is 442 g/mol. The first-order chi connectivity index (χ1) is 15.3. The highest BCUT2D eigenvalue weighted by Crippen LogP contribution is 2.31. The van der Waals surface area contributed by atoms with Crippen molar-refractivity contribution in [3.8, 4) is 0 Å². The van der Waals surface area contributed by atoms with Crippen LogP contribution < -0.4 is 5.32 Å². The first-order valence-electron chi connectivity index (χ1n) is 10.2. The summed E-state index contributed by atoms with van der Waals surface area (Å²) in [6.07, 6.45) is 4.48. The number of nitrogens with zero attached hydrogens (tertiary/aromatic N) is 1. The van der Waals surface area contributed by atoms with Crippen molar-refractivity contribution >= 4 is 29.4 Å². The number of imide groups is 1. The maximum Gasteiger partial charge on any atom is 0.340 e. The molecule has 9 heteroatoms. The van der Waals surface area contributed by atoms with Gasteiger partial charge in [-0.3, -0.25) is 19.3 Å². The lowest BCUT2D eigenvalue weighted by atomic mass is 9.94. The van der Waals surface area contributed by atoms with Gasteiger partial charge in [0.25, 0.3) is 17.7 Å². The predicted octanol–water partition coefficient (Wildman–Crippen LogP) is 3.93. The Morgan fingerprint density at radius 3 is 2.34 bits per heavy atom. The van der Waals surface area contributed by atoms with Gasteiger partial charge in [-0.15, -0.1) is 0 Å². The molecule has 1 fully saturated rings. The number of fused-ring (bicyclic) bond motifs is 1. The van der Waals surface area contributed by atoms with E-state index < -0.39 is 40.7 Å². The van der Waals surface area contributed by atoms with E-state index in [1.807, 2.05) is 0 Å². The third kappa shape index (κ3) is 3.74. The van der Waals surface area contributed by atoms with Crippen molar-refractivity contribution in [3.63, 3.8) is 0 Å². The number of hydrogen-bond donors (Lipinski definition) is 1. The summed E-state index contributed by atoms with van der Waals surface area (Å²) in [7, 11) is 1.04. The third-order valence-corrected chi connectivity index (χ3v) is 5.83. The molecule has 166 valence electrons. The molecule has 0 atom stereocenters. The van der Waals surface area contributed by atoms with E-state index in [1.54, 1.807) is 0 Å². The van der Waals surface area contributed by atoms with E-state index in [2.05, 4.69) is 10.1 Å². The lowest BCUT2D eigenvalue weighted by Crippen LogP contribution is -2.40. The normalized spacial score (nSPS) is 16.2. The number of anilines is 1. The summed E-state index contributed by atoms with van der Waals surface area (Å²) in [5.74, 6) is -4.85. The van der Waals surface area contributed by atoms with Crippen molar-refractivity contribution in [1.82, 2.24) is 4.90 Å². The summed E-state index contributed by atoms with van der Waals surface area (Å²) >= 11 is 0. The molecule has 0 aromatic heterocycles. The number of halogens is 2. The Morgan fingerprint density at radius 1 is 0.969 bits per heavy atom. The van der Waals surface area contributed by atoms with Crippen LogP contribution in [0, 0.1) is 11.6 Å². The summed E-state index contributed by atoms with van der Waals surface area (Å²) < 4.78 is 32.4. The molecule has 32 heavy (non-hydrogen) atoms. The van der Waals surface area contributed by atoms with Gasteiger partial charge in [0.15, 0.2) is 0 Å². The summed E-state index contributed by atoms with van der Waals surface area (Å²) in [4.78, 5) is 51.3. The largest absolute Gasteiger partial charge is 0.465 e. The minimum Gasteiger partial charge on any atom is -0.465 e. The second-order valence-corrected chi connectivity index (χ2v) is 7.79. The number of rotatable bonds is 4. The van der Waals surface area contributed by atoms with E-state index in [0.29, 0.717) is 6.07 Å². The Balaban J connectivity index is 1.59. The van der Waals surface area contributed by atoms with E-state index in [0.717, 1.165) is 45.3 Å². The molecule has 1 saturated carbocycles. The van der Waals surface area contributed by atoms with Crippen LogP contribution in [0.3, 0.4) is 0 Å². The van der Waals surface area contributed by atoms with Crippen LogP contribution in [-0.4, -0.2) is 41.7 Å². The molecule has 1 heterocycles. The van der Waals surface area contributed by atoms with Crippen LogP contribution >= 0.6 is 0 Å². The van der Waals surface area contributed by atoms with Crippen molar-refractivity contribution in [2.24, 2.45) is 0 Å². The molecular weight excluding hydrogens is 422 g/mol. The van der Waals surface area contributed by atoms with Gasteiger partial charge in [-0.25, -0.2) is 13.6 Å². The van der Waals surface area contributed by atoms with Gasteiger partial charge in [-0.2, -0.15) is 0 Å². The van der Waals surface area contributed by atoms with Gasteiger partial charge in [-0.05, 0) is 37.1 Å². The molecule has 2 aromatic carbocycles. The average Bonchev–Trinajstić information content (AvgIpc) is 3.05. The first-order valence-corrected chi connectivity index (χ1v) is 10.2. The van der Waals surface area contributed by atoms with Crippen molar-refractivity contribution in [3.05, 3.63) is 64.2 Å². The number of methoxy groups -OCH3 is 1. The molecule has 4 rings (SSSR count). The van der Waals surface area contributed by atoms with Crippen LogP contribution in [0.25, 0.3) is 0 Å². The fraction of sp³-hybridized carbons (Fsp3) is 0.304. The zero-order chi connectivity index (χ0) is 23.0. The van der Waals surface area contributed by atoms with Crippen molar-refractivity contribution in [2.45, 2.75) is 38.1 Å². The van der Waals surface area contributed by atoms with E-state index in [9.17, 15) is 28.0 Å². The van der Waals surface area contributed by atoms with Crippen LogP contribution in [0.15, 0.2) is 30.3 Å². The van der Waals surface area contributed by atoms with E-state index >= 15 is 0 Å². The van der Waals surface area contributed by atoms with E-state index in [-0.39, 0.29) is 28.6 Å². The first kappa shape index (κ1) is 21.6. The van der Waals surface area contributed by atoms with Crippen molar-refractivity contribution < 1.29 is 32.7 Å². The zero-order valence-corrected chi connectivity index (χ0v) is 17.2. The molecule has 0 bridgehead atoms. The molecule has 7 nitrogen and oxygen atoms in total. The molecule has 3 amide bonds. The smallest absolute Gasteiger partial charge is 0.340 e. The number of ether oxygens (including phenoxy) is 1. The number of amides is 3. The highest BCUT2D eigenvalue weighted by Gasteiger charge is 2.40. The Bertz CT molecular complexity index is 1140. The molecule has 1 aliphatic carbocycles. The van der Waals surface area contributed by atoms with Gasteiger partial charge < -0.3 is 10.1 Å². The van der Waals surface area contributed by atoms with Crippen LogP contribution in [0.1, 0.15) is 73.5 Å². The molecule has 1 aliphatic heterocycles. The van der Waals surface area contributed by atoms with Crippen LogP contribution in [0.5, 0.6) is 0 Å². The maximum atomic E-state index is 14.2. The molecule has 0 saturated heterocycles. The third-order valence-electron chi connectivity index (χ3n) is 5.83. The number of carbonyl (C=O) groups is 4. The standard InChI is InChI=1S/C23H20F2N2O5/c1-32-23(31)16-10-19(18(25)11-17(16)24)26-20(28)12-7-8-14-15(9-12)22(30)27(21(14)29)13-5-3-2-4-6-13/h7-11,13H,2-6H2,1H3,(H,26,28). The zero-order valence-electron chi connectivity index (χ0n) is 17.2. The molecule has 0 radical (unpaired) electrons. The minimum absolute atomic E-state index is 0.0127. The van der Waals surface area contributed by atoms with Gasteiger partial charge in [0, 0.05) is 17.7 Å². The fourth-order valence-electron chi connectivity index (χ4n) is 4.18. The SMILES string of the molecule is COC(=O)c1cc(NC(=O)c2ccc3c(c2)C(=O)N(C2CCCCC2)C3=O)c(F)cc1F. The van der Waals surface area contributed by atoms with E-state index in [1.165, 1.54) is 23.1 Å². The van der Waals surface area contributed by atoms with Gasteiger partial charge in [0.05, 0.1) is 29.5 Å². The summed E-state index contributed by atoms with van der Waals surface area (Å²) in [6.45, 7) is 0. The topological polar surface area (TPSA) is 92.8 Å². The summed E-state index contributed by atoms with van der Waals surface area (Å²) in [5.41, 5.74) is -0.620. The molecule has 2 aliphatic rings. The van der Waals surface area contributed by atoms with E-state index in [4.69, 9.17) is 0 Å². The Hall–Kier alpha value is -3.62. The maximum absolute atomic E-state index is 14.2. The second kappa shape index (κ2) is 8.49. The number of esters is 1. The second-order valence-electron chi connectivity index (χ2n) is 7.79. The van der Waals surface area contributed by atoms with Crippen LogP contribution in [0.2, 0.25) is 0 Å². The van der Waals surface area contributed by atoms with Gasteiger partial charge >= 0.3 is 5.97 Å². The fourth-order valence-corrected chi connectivity index (χ4v) is 4.18. The lowest BCUT2D eigenvalue weighted by Gasteiger charge is -2.29. The average molecular weight is 442 g/mol. The number of hydrogen-bond acceptors (Lipinski definition) is 5. The molecular formula is C23H20F2N2O5. The highest BCUT2D eigenvalue weighted by atomic mass is 19.1. The molecule has 2 aromatic rings. The highest BCUT2D eigenvalue weighted by molar-refractivity contribution is 6.22. The molecule has 0 unspecified atom stereocenters. The van der Waals surface area contributed by atoms with Crippen molar-refractivity contribution in [1.29, 1.82) is 0 Å². The predicted molar refractivity (Wildman–Crippen MR) is 109 cm³/mol. The Labute approximate surface area is 182 Å². The van der Waals surface area contributed by atoms with Crippen LogP contribution in [0.4, 0.5) is 14.5 Å².